The van der Waals surface area contributed by atoms with E-state index in [1.807, 2.05) is 13.8 Å². The van der Waals surface area contributed by atoms with E-state index >= 15 is 0 Å². The number of likely N-dealkylation sites (tertiary alicyclic amines) is 1. The molecular weight excluding hydrogens is 334 g/mol. The van der Waals surface area contributed by atoms with Crippen LogP contribution < -0.4 is 0 Å². The molecule has 0 saturated carbocycles. The van der Waals surface area contributed by atoms with Gasteiger partial charge in [0, 0.05) is 13.0 Å². The van der Waals surface area contributed by atoms with Crippen molar-refractivity contribution in [2.45, 2.75) is 90.8 Å². The number of nitrogens with zero attached hydrogens (tertiary/aromatic N) is 1. The van der Waals surface area contributed by atoms with Crippen LogP contribution in [-0.4, -0.2) is 55.5 Å². The van der Waals surface area contributed by atoms with Crippen molar-refractivity contribution in [1.29, 1.82) is 0 Å². The van der Waals surface area contributed by atoms with Gasteiger partial charge in [-0.2, -0.15) is 0 Å². The summed E-state index contributed by atoms with van der Waals surface area (Å²) in [5.74, 6) is -0.245. The van der Waals surface area contributed by atoms with Crippen molar-refractivity contribution >= 4 is 12.1 Å². The summed E-state index contributed by atoms with van der Waals surface area (Å²) in [4.78, 5) is 26.0. The predicted octanol–water partition coefficient (Wildman–Crippen LogP) is 4.31. The van der Waals surface area contributed by atoms with Gasteiger partial charge in [0.2, 0.25) is 0 Å². The zero-order valence-corrected chi connectivity index (χ0v) is 16.8. The van der Waals surface area contributed by atoms with Gasteiger partial charge in [-0.25, -0.2) is 4.79 Å². The van der Waals surface area contributed by atoms with E-state index in [0.29, 0.717) is 13.0 Å². The molecule has 0 aliphatic carbocycles. The lowest BCUT2D eigenvalue weighted by molar-refractivity contribution is -0.148. The first-order valence-electron chi connectivity index (χ1n) is 10.3. The van der Waals surface area contributed by atoms with Crippen LogP contribution in [0.5, 0.6) is 0 Å². The summed E-state index contributed by atoms with van der Waals surface area (Å²) >= 11 is 0. The first-order chi connectivity index (χ1) is 12.5. The highest BCUT2D eigenvalue weighted by Gasteiger charge is 2.18. The average molecular weight is 372 g/mol. The van der Waals surface area contributed by atoms with Crippen molar-refractivity contribution in [3.8, 4) is 0 Å². The summed E-state index contributed by atoms with van der Waals surface area (Å²) < 4.78 is 15.8. The Kier molecular flexibility index (Phi) is 12.1. The van der Waals surface area contributed by atoms with Gasteiger partial charge in [0.1, 0.15) is 6.10 Å². The molecule has 6 heteroatoms. The SMILES string of the molecule is CCCCCCC(CCC(=O)OC(C)C)OC(=O)OCCCN1CCC1. The zero-order chi connectivity index (χ0) is 19.2. The maximum absolute atomic E-state index is 11.9. The van der Waals surface area contributed by atoms with Crippen LogP contribution in [0.25, 0.3) is 0 Å². The Labute approximate surface area is 158 Å². The van der Waals surface area contributed by atoms with Crippen LogP contribution in [0.15, 0.2) is 0 Å². The Morgan fingerprint density at radius 1 is 1.00 bits per heavy atom. The largest absolute Gasteiger partial charge is 0.508 e. The van der Waals surface area contributed by atoms with E-state index in [1.54, 1.807) is 0 Å². The summed E-state index contributed by atoms with van der Waals surface area (Å²) in [6.07, 6.45) is 7.01. The highest BCUT2D eigenvalue weighted by molar-refractivity contribution is 5.69. The Bertz CT molecular complexity index is 396. The highest BCUT2D eigenvalue weighted by Crippen LogP contribution is 2.15. The van der Waals surface area contributed by atoms with E-state index in [9.17, 15) is 9.59 Å². The summed E-state index contributed by atoms with van der Waals surface area (Å²) in [6.45, 7) is 9.46. The second-order valence-corrected chi connectivity index (χ2v) is 7.31. The Hall–Kier alpha value is -1.30. The van der Waals surface area contributed by atoms with E-state index in [0.717, 1.165) is 51.7 Å². The molecule has 1 aliphatic rings. The van der Waals surface area contributed by atoms with E-state index in [-0.39, 0.29) is 24.6 Å². The van der Waals surface area contributed by atoms with Crippen molar-refractivity contribution in [2.75, 3.05) is 26.2 Å². The number of carbonyl (C=O) groups excluding carboxylic acids is 2. The minimum absolute atomic E-state index is 0.122. The second-order valence-electron chi connectivity index (χ2n) is 7.31. The minimum atomic E-state index is -0.619. The molecule has 26 heavy (non-hydrogen) atoms. The maximum Gasteiger partial charge on any atom is 0.508 e. The smallest absolute Gasteiger partial charge is 0.463 e. The third kappa shape index (κ3) is 11.3. The third-order valence-electron chi connectivity index (χ3n) is 4.47. The number of ether oxygens (including phenoxy) is 3. The highest BCUT2D eigenvalue weighted by atomic mass is 16.7. The summed E-state index contributed by atoms with van der Waals surface area (Å²) in [6, 6.07) is 0. The molecule has 0 spiro atoms. The molecule has 6 nitrogen and oxygen atoms in total. The summed E-state index contributed by atoms with van der Waals surface area (Å²) in [5, 5.41) is 0. The van der Waals surface area contributed by atoms with E-state index < -0.39 is 6.16 Å². The van der Waals surface area contributed by atoms with Crippen LogP contribution in [0.1, 0.15) is 78.6 Å². The molecule has 1 saturated heterocycles. The molecule has 0 aromatic carbocycles. The van der Waals surface area contributed by atoms with Gasteiger partial charge in [0.25, 0.3) is 0 Å². The standard InChI is InChI=1S/C20H37NO5/c1-4-5-6-7-10-18(11-12-19(22)25-17(2)3)26-20(23)24-16-9-15-21-13-8-14-21/h17-18H,4-16H2,1-3H3. The predicted molar refractivity (Wildman–Crippen MR) is 101 cm³/mol. The maximum atomic E-state index is 11.9. The van der Waals surface area contributed by atoms with Crippen molar-refractivity contribution in [3.63, 3.8) is 0 Å². The fourth-order valence-electron chi connectivity index (χ4n) is 2.88. The van der Waals surface area contributed by atoms with Crippen LogP contribution in [0.3, 0.4) is 0 Å². The molecule has 0 radical (unpaired) electrons. The van der Waals surface area contributed by atoms with Crippen molar-refractivity contribution in [3.05, 3.63) is 0 Å². The molecule has 0 amide bonds. The molecular formula is C20H37NO5. The fraction of sp³-hybridized carbons (Fsp3) is 0.900. The van der Waals surface area contributed by atoms with Crippen LogP contribution in [0.2, 0.25) is 0 Å². The van der Waals surface area contributed by atoms with Crippen LogP contribution >= 0.6 is 0 Å². The quantitative estimate of drug-likeness (QED) is 0.335. The van der Waals surface area contributed by atoms with E-state index in [4.69, 9.17) is 14.2 Å². The number of hydrogen-bond donors (Lipinski definition) is 0. The number of esters is 1. The Balaban J connectivity index is 2.25. The minimum Gasteiger partial charge on any atom is -0.463 e. The van der Waals surface area contributed by atoms with Gasteiger partial charge in [0.15, 0.2) is 0 Å². The van der Waals surface area contributed by atoms with Gasteiger partial charge >= 0.3 is 12.1 Å². The molecule has 0 bridgehead atoms. The van der Waals surface area contributed by atoms with Gasteiger partial charge in [-0.15, -0.1) is 0 Å². The summed E-state index contributed by atoms with van der Waals surface area (Å²) in [5.41, 5.74) is 0. The van der Waals surface area contributed by atoms with Gasteiger partial charge in [-0.3, -0.25) is 4.79 Å². The molecule has 1 heterocycles. The lowest BCUT2D eigenvalue weighted by Crippen LogP contribution is -2.38. The van der Waals surface area contributed by atoms with Crippen LogP contribution in [0.4, 0.5) is 4.79 Å². The first kappa shape index (κ1) is 22.7. The fourth-order valence-corrected chi connectivity index (χ4v) is 2.88. The number of unbranched alkanes of at least 4 members (excludes halogenated alkanes) is 3. The van der Waals surface area contributed by atoms with Gasteiger partial charge < -0.3 is 19.1 Å². The van der Waals surface area contributed by atoms with E-state index in [2.05, 4.69) is 11.8 Å². The van der Waals surface area contributed by atoms with Gasteiger partial charge in [-0.1, -0.05) is 26.2 Å². The Morgan fingerprint density at radius 3 is 2.38 bits per heavy atom. The molecule has 1 atom stereocenters. The molecule has 0 aromatic heterocycles. The molecule has 1 rings (SSSR count). The van der Waals surface area contributed by atoms with Crippen LogP contribution in [0, 0.1) is 0 Å². The van der Waals surface area contributed by atoms with Crippen molar-refractivity contribution in [2.24, 2.45) is 0 Å². The first-order valence-corrected chi connectivity index (χ1v) is 10.3. The van der Waals surface area contributed by atoms with E-state index in [1.165, 1.54) is 12.8 Å². The van der Waals surface area contributed by atoms with Crippen molar-refractivity contribution in [1.82, 2.24) is 4.90 Å². The monoisotopic (exact) mass is 371 g/mol. The summed E-state index contributed by atoms with van der Waals surface area (Å²) in [7, 11) is 0. The topological polar surface area (TPSA) is 65.1 Å². The van der Waals surface area contributed by atoms with Gasteiger partial charge in [-0.05, 0) is 59.0 Å². The molecule has 1 aliphatic heterocycles. The van der Waals surface area contributed by atoms with Crippen LogP contribution in [-0.2, 0) is 19.0 Å². The Morgan fingerprint density at radius 2 is 1.77 bits per heavy atom. The molecule has 0 N–H and O–H groups in total. The lowest BCUT2D eigenvalue weighted by atomic mass is 10.1. The molecule has 152 valence electrons. The molecule has 0 aromatic rings. The molecule has 1 unspecified atom stereocenters. The zero-order valence-electron chi connectivity index (χ0n) is 16.8. The van der Waals surface area contributed by atoms with Gasteiger partial charge in [0.05, 0.1) is 12.7 Å². The van der Waals surface area contributed by atoms with Crippen molar-refractivity contribution < 1.29 is 23.8 Å². The third-order valence-corrected chi connectivity index (χ3v) is 4.47. The normalized spacial score (nSPS) is 15.4. The molecule has 1 fully saturated rings. The number of hydrogen-bond acceptors (Lipinski definition) is 6. The second kappa shape index (κ2) is 13.8. The number of rotatable bonds is 14. The lowest BCUT2D eigenvalue weighted by Gasteiger charge is -2.30. The number of carbonyl (C=O) groups is 2. The average Bonchev–Trinajstić information content (AvgIpc) is 2.53.